The molecule has 4 nitrogen and oxygen atoms in total. The van der Waals surface area contributed by atoms with E-state index in [1.807, 2.05) is 11.0 Å². The van der Waals surface area contributed by atoms with Gasteiger partial charge in [-0.3, -0.25) is 9.59 Å². The van der Waals surface area contributed by atoms with Gasteiger partial charge in [0.2, 0.25) is 5.91 Å². The molecule has 2 aliphatic rings. The summed E-state index contributed by atoms with van der Waals surface area (Å²) in [6, 6.07) is 5.39. The molecule has 1 N–H and O–H groups in total. The molecule has 0 bridgehead atoms. The van der Waals surface area contributed by atoms with Crippen molar-refractivity contribution in [1.82, 2.24) is 10.2 Å². The standard InChI is InChI=1S/C15H16ClIN2O2/c16-10-1-2-12(17)11(7-10)14(21)19-5-3-15(4-6-19)8-13(20)18-9-15/h1-2,7H,3-6,8-9H2,(H,18,20). The highest BCUT2D eigenvalue weighted by Gasteiger charge is 2.41. The Morgan fingerprint density at radius 1 is 1.33 bits per heavy atom. The fraction of sp³-hybridized carbons (Fsp3) is 0.467. The first-order chi connectivity index (χ1) is 9.99. The summed E-state index contributed by atoms with van der Waals surface area (Å²) in [6.45, 7) is 2.16. The van der Waals surface area contributed by atoms with Gasteiger partial charge in [-0.2, -0.15) is 0 Å². The Morgan fingerprint density at radius 2 is 2.05 bits per heavy atom. The normalized spacial score (nSPS) is 20.7. The minimum Gasteiger partial charge on any atom is -0.356 e. The number of carbonyl (C=O) groups is 2. The van der Waals surface area contributed by atoms with E-state index in [0.717, 1.165) is 23.0 Å². The van der Waals surface area contributed by atoms with Gasteiger partial charge in [-0.05, 0) is 59.0 Å². The number of hydrogen-bond donors (Lipinski definition) is 1. The Kier molecular flexibility index (Phi) is 4.14. The largest absolute Gasteiger partial charge is 0.356 e. The highest BCUT2D eigenvalue weighted by molar-refractivity contribution is 14.1. The van der Waals surface area contributed by atoms with Gasteiger partial charge in [-0.1, -0.05) is 11.6 Å². The van der Waals surface area contributed by atoms with Gasteiger partial charge < -0.3 is 10.2 Å². The maximum atomic E-state index is 12.6. The molecule has 0 atom stereocenters. The van der Waals surface area contributed by atoms with Crippen LogP contribution in [0.2, 0.25) is 5.02 Å². The summed E-state index contributed by atoms with van der Waals surface area (Å²) in [5.41, 5.74) is 0.731. The van der Waals surface area contributed by atoms with Crippen molar-refractivity contribution in [2.24, 2.45) is 5.41 Å². The third-order valence-electron chi connectivity index (χ3n) is 4.47. The number of nitrogens with one attached hydrogen (secondary N) is 1. The van der Waals surface area contributed by atoms with E-state index in [1.54, 1.807) is 12.1 Å². The molecule has 3 rings (SSSR count). The summed E-state index contributed by atoms with van der Waals surface area (Å²) >= 11 is 8.16. The van der Waals surface area contributed by atoms with Crippen LogP contribution >= 0.6 is 34.2 Å². The molecule has 2 saturated heterocycles. The minimum atomic E-state index is 0.0361. The van der Waals surface area contributed by atoms with E-state index < -0.39 is 0 Å². The Bertz CT molecular complexity index is 597. The Hall–Kier alpha value is -0.820. The van der Waals surface area contributed by atoms with Crippen LogP contribution in [0.3, 0.4) is 0 Å². The third-order valence-corrected chi connectivity index (χ3v) is 5.64. The Labute approximate surface area is 142 Å². The molecule has 0 aromatic heterocycles. The maximum absolute atomic E-state index is 12.6. The zero-order valence-electron chi connectivity index (χ0n) is 11.5. The van der Waals surface area contributed by atoms with Crippen LogP contribution in [0, 0.1) is 8.99 Å². The number of carbonyl (C=O) groups excluding carboxylic acids is 2. The minimum absolute atomic E-state index is 0.0361. The maximum Gasteiger partial charge on any atom is 0.254 e. The van der Waals surface area contributed by atoms with Crippen LogP contribution in [0.1, 0.15) is 29.6 Å². The van der Waals surface area contributed by atoms with Gasteiger partial charge in [0.1, 0.15) is 0 Å². The highest BCUT2D eigenvalue weighted by atomic mass is 127. The molecule has 0 saturated carbocycles. The molecule has 0 radical (unpaired) electrons. The summed E-state index contributed by atoms with van der Waals surface area (Å²) < 4.78 is 0.917. The second-order valence-electron chi connectivity index (χ2n) is 5.87. The monoisotopic (exact) mass is 418 g/mol. The second kappa shape index (κ2) is 5.76. The molecular formula is C15H16ClIN2O2. The molecular weight excluding hydrogens is 403 g/mol. The van der Waals surface area contributed by atoms with E-state index in [4.69, 9.17) is 11.6 Å². The summed E-state index contributed by atoms with van der Waals surface area (Å²) in [5.74, 6) is 0.174. The van der Waals surface area contributed by atoms with Gasteiger partial charge >= 0.3 is 0 Å². The molecule has 2 aliphatic heterocycles. The summed E-state index contributed by atoms with van der Waals surface area (Å²) in [7, 11) is 0. The molecule has 2 heterocycles. The number of nitrogens with zero attached hydrogens (tertiary/aromatic N) is 1. The van der Waals surface area contributed by atoms with Crippen LogP contribution in [0.5, 0.6) is 0 Å². The van der Waals surface area contributed by atoms with Crippen LogP contribution in [-0.2, 0) is 4.79 Å². The number of rotatable bonds is 1. The zero-order chi connectivity index (χ0) is 15.0. The third kappa shape index (κ3) is 3.04. The average molecular weight is 419 g/mol. The lowest BCUT2D eigenvalue weighted by molar-refractivity contribution is -0.119. The molecule has 1 aromatic carbocycles. The predicted molar refractivity (Wildman–Crippen MR) is 89.4 cm³/mol. The molecule has 0 aliphatic carbocycles. The van der Waals surface area contributed by atoms with Gasteiger partial charge in [0.25, 0.3) is 5.91 Å². The van der Waals surface area contributed by atoms with Crippen molar-refractivity contribution in [3.05, 3.63) is 32.4 Å². The lowest BCUT2D eigenvalue weighted by atomic mass is 9.77. The first-order valence-corrected chi connectivity index (χ1v) is 8.46. The predicted octanol–water partition coefficient (Wildman–Crippen LogP) is 2.69. The van der Waals surface area contributed by atoms with Crippen molar-refractivity contribution in [2.75, 3.05) is 19.6 Å². The molecule has 6 heteroatoms. The number of likely N-dealkylation sites (tertiary alicyclic amines) is 1. The summed E-state index contributed by atoms with van der Waals surface area (Å²) in [4.78, 5) is 25.9. The number of piperidine rings is 1. The first kappa shape index (κ1) is 15.1. The van der Waals surface area contributed by atoms with Crippen molar-refractivity contribution in [1.29, 1.82) is 0 Å². The van der Waals surface area contributed by atoms with Crippen molar-refractivity contribution in [3.63, 3.8) is 0 Å². The fourth-order valence-electron chi connectivity index (χ4n) is 3.12. The summed E-state index contributed by atoms with van der Waals surface area (Å²) in [5, 5.41) is 3.49. The quantitative estimate of drug-likeness (QED) is 0.713. The van der Waals surface area contributed by atoms with Crippen LogP contribution in [0.15, 0.2) is 18.2 Å². The SMILES string of the molecule is O=C1CC2(CCN(C(=O)c3cc(Cl)ccc3I)CC2)CN1. The lowest BCUT2D eigenvalue weighted by Crippen LogP contribution is -2.44. The van der Waals surface area contributed by atoms with Crippen molar-refractivity contribution < 1.29 is 9.59 Å². The van der Waals surface area contributed by atoms with E-state index >= 15 is 0 Å². The number of hydrogen-bond acceptors (Lipinski definition) is 2. The first-order valence-electron chi connectivity index (χ1n) is 7.00. The molecule has 2 amide bonds. The number of halogens is 2. The van der Waals surface area contributed by atoms with Gasteiger partial charge in [0.05, 0.1) is 5.56 Å². The molecule has 1 aromatic rings. The topological polar surface area (TPSA) is 49.4 Å². The Morgan fingerprint density at radius 3 is 2.67 bits per heavy atom. The van der Waals surface area contributed by atoms with Crippen molar-refractivity contribution >= 4 is 46.0 Å². The Balaban J connectivity index is 1.70. The zero-order valence-corrected chi connectivity index (χ0v) is 14.4. The van der Waals surface area contributed by atoms with Crippen molar-refractivity contribution in [2.45, 2.75) is 19.3 Å². The van der Waals surface area contributed by atoms with Gasteiger partial charge in [0, 0.05) is 34.6 Å². The lowest BCUT2D eigenvalue weighted by Gasteiger charge is -2.38. The van der Waals surface area contributed by atoms with Crippen LogP contribution in [0.4, 0.5) is 0 Å². The van der Waals surface area contributed by atoms with Crippen LogP contribution in [0.25, 0.3) is 0 Å². The van der Waals surface area contributed by atoms with Gasteiger partial charge in [-0.25, -0.2) is 0 Å². The van der Waals surface area contributed by atoms with E-state index in [-0.39, 0.29) is 17.2 Å². The van der Waals surface area contributed by atoms with Gasteiger partial charge in [-0.15, -0.1) is 0 Å². The molecule has 1 spiro atoms. The average Bonchev–Trinajstić information content (AvgIpc) is 2.83. The van der Waals surface area contributed by atoms with E-state index in [2.05, 4.69) is 27.9 Å². The smallest absolute Gasteiger partial charge is 0.254 e. The van der Waals surface area contributed by atoms with Crippen molar-refractivity contribution in [3.8, 4) is 0 Å². The molecule has 21 heavy (non-hydrogen) atoms. The van der Waals surface area contributed by atoms with Crippen LogP contribution in [-0.4, -0.2) is 36.3 Å². The molecule has 2 fully saturated rings. The number of benzene rings is 1. The van der Waals surface area contributed by atoms with E-state index in [1.165, 1.54) is 0 Å². The second-order valence-corrected chi connectivity index (χ2v) is 7.47. The van der Waals surface area contributed by atoms with E-state index in [0.29, 0.717) is 30.1 Å². The van der Waals surface area contributed by atoms with E-state index in [9.17, 15) is 9.59 Å². The fourth-order valence-corrected chi connectivity index (χ4v) is 3.86. The summed E-state index contributed by atoms with van der Waals surface area (Å²) in [6.07, 6.45) is 2.37. The number of amides is 2. The van der Waals surface area contributed by atoms with Crippen LogP contribution < -0.4 is 5.32 Å². The molecule has 0 unspecified atom stereocenters. The highest BCUT2D eigenvalue weighted by Crippen LogP contribution is 2.37. The van der Waals surface area contributed by atoms with Gasteiger partial charge in [0.15, 0.2) is 0 Å². The molecule has 112 valence electrons.